The van der Waals surface area contributed by atoms with Crippen molar-refractivity contribution in [3.8, 4) is 0 Å². The van der Waals surface area contributed by atoms with E-state index in [1.807, 2.05) is 0 Å². The number of nitrogens with one attached hydrogen (secondary N) is 1. The molecule has 0 amide bonds. The van der Waals surface area contributed by atoms with Gasteiger partial charge in [-0.1, -0.05) is 0 Å². The third-order valence-corrected chi connectivity index (χ3v) is 2.77. The second-order valence-corrected chi connectivity index (χ2v) is 4.31. The van der Waals surface area contributed by atoms with Gasteiger partial charge in [0.2, 0.25) is 0 Å². The van der Waals surface area contributed by atoms with Crippen LogP contribution in [0.5, 0.6) is 0 Å². The van der Waals surface area contributed by atoms with Crippen molar-refractivity contribution in [2.75, 3.05) is 25.1 Å². The highest BCUT2D eigenvalue weighted by molar-refractivity contribution is 5.39. The van der Waals surface area contributed by atoms with Gasteiger partial charge in [-0.25, -0.2) is 4.98 Å². The minimum Gasteiger partial charge on any atom is -0.386 e. The van der Waals surface area contributed by atoms with Crippen molar-refractivity contribution < 1.29 is 23.0 Å². The van der Waals surface area contributed by atoms with E-state index in [2.05, 4.69) is 10.3 Å². The molecule has 0 aliphatic carbocycles. The highest BCUT2D eigenvalue weighted by Gasteiger charge is 2.33. The van der Waals surface area contributed by atoms with Gasteiger partial charge in [0, 0.05) is 25.8 Å². The van der Waals surface area contributed by atoms with Gasteiger partial charge in [-0.2, -0.15) is 13.2 Å². The third-order valence-electron chi connectivity index (χ3n) is 2.77. The number of alkyl halides is 3. The lowest BCUT2D eigenvalue weighted by Gasteiger charge is -2.21. The number of rotatable bonds is 3. The summed E-state index contributed by atoms with van der Waals surface area (Å²) in [6, 6.07) is 1.82. The van der Waals surface area contributed by atoms with E-state index >= 15 is 0 Å². The summed E-state index contributed by atoms with van der Waals surface area (Å²) in [5.41, 5.74) is -1.80. The molecule has 2 heterocycles. The van der Waals surface area contributed by atoms with E-state index in [0.717, 1.165) is 18.3 Å². The fourth-order valence-corrected chi connectivity index (χ4v) is 1.69. The number of ether oxygens (including phenoxy) is 1. The van der Waals surface area contributed by atoms with Crippen LogP contribution in [0.15, 0.2) is 18.3 Å². The summed E-state index contributed by atoms with van der Waals surface area (Å²) in [5.74, 6) is 0.0881. The normalized spacial score (nSPS) is 24.2. The second-order valence-electron chi connectivity index (χ2n) is 4.31. The van der Waals surface area contributed by atoms with Gasteiger partial charge >= 0.3 is 6.18 Å². The number of hydrogen-bond donors (Lipinski definition) is 2. The third kappa shape index (κ3) is 3.11. The molecule has 1 aromatic rings. The summed E-state index contributed by atoms with van der Waals surface area (Å²) >= 11 is 0. The Hall–Kier alpha value is -1.34. The number of aliphatic hydroxyl groups is 1. The molecule has 1 saturated heterocycles. The van der Waals surface area contributed by atoms with Gasteiger partial charge in [-0.3, -0.25) is 0 Å². The Morgan fingerprint density at radius 3 is 2.89 bits per heavy atom. The first-order chi connectivity index (χ1) is 8.39. The van der Waals surface area contributed by atoms with Gasteiger partial charge in [-0.15, -0.1) is 0 Å². The molecule has 1 aliphatic rings. The summed E-state index contributed by atoms with van der Waals surface area (Å²) in [5, 5.41) is 12.6. The average molecular weight is 262 g/mol. The first-order valence-electron chi connectivity index (χ1n) is 5.46. The monoisotopic (exact) mass is 262 g/mol. The predicted octanol–water partition coefficient (Wildman–Crippen LogP) is 1.66. The van der Waals surface area contributed by atoms with Gasteiger partial charge < -0.3 is 15.2 Å². The zero-order valence-electron chi connectivity index (χ0n) is 9.50. The second kappa shape index (κ2) is 4.74. The van der Waals surface area contributed by atoms with Crippen molar-refractivity contribution in [2.24, 2.45) is 0 Å². The van der Waals surface area contributed by atoms with Crippen LogP contribution in [0.3, 0.4) is 0 Å². The van der Waals surface area contributed by atoms with E-state index in [0.29, 0.717) is 13.0 Å². The summed E-state index contributed by atoms with van der Waals surface area (Å²) in [7, 11) is 0. The molecule has 2 N–H and O–H groups in total. The van der Waals surface area contributed by atoms with Crippen molar-refractivity contribution in [3.05, 3.63) is 23.9 Å². The molecule has 0 radical (unpaired) electrons. The molecule has 0 saturated carbocycles. The summed E-state index contributed by atoms with van der Waals surface area (Å²) < 4.78 is 42.4. The Balaban J connectivity index is 2.01. The van der Waals surface area contributed by atoms with Crippen LogP contribution in [0.4, 0.5) is 19.0 Å². The predicted molar refractivity (Wildman–Crippen MR) is 58.1 cm³/mol. The molecule has 4 nitrogen and oxygen atoms in total. The van der Waals surface area contributed by atoms with Crippen LogP contribution in [0, 0.1) is 0 Å². The Kier molecular flexibility index (Phi) is 3.45. The molecule has 18 heavy (non-hydrogen) atoms. The standard InChI is InChI=1S/C11H13F3N2O2/c12-11(13,14)8-1-3-15-9(5-8)16-6-10(17)2-4-18-7-10/h1,3,5,17H,2,4,6-7H2,(H,15,16). The Morgan fingerprint density at radius 2 is 2.28 bits per heavy atom. The van der Waals surface area contributed by atoms with Crippen LogP contribution in [-0.2, 0) is 10.9 Å². The first kappa shape index (κ1) is 13.1. The quantitative estimate of drug-likeness (QED) is 0.870. The van der Waals surface area contributed by atoms with Gasteiger partial charge in [-0.05, 0) is 12.1 Å². The number of hydrogen-bond acceptors (Lipinski definition) is 4. The molecule has 7 heteroatoms. The van der Waals surface area contributed by atoms with Crippen molar-refractivity contribution in [1.29, 1.82) is 0 Å². The van der Waals surface area contributed by atoms with E-state index in [1.165, 1.54) is 0 Å². The maximum atomic E-state index is 12.5. The van der Waals surface area contributed by atoms with Crippen molar-refractivity contribution in [2.45, 2.75) is 18.2 Å². The van der Waals surface area contributed by atoms with Crippen LogP contribution in [0.2, 0.25) is 0 Å². The van der Waals surface area contributed by atoms with Gasteiger partial charge in [0.15, 0.2) is 0 Å². The minimum absolute atomic E-state index is 0.0881. The lowest BCUT2D eigenvalue weighted by Crippen LogP contribution is -2.37. The molecule has 0 aromatic carbocycles. The summed E-state index contributed by atoms with van der Waals surface area (Å²) in [4.78, 5) is 3.78. The molecular weight excluding hydrogens is 249 g/mol. The van der Waals surface area contributed by atoms with Crippen LogP contribution < -0.4 is 5.32 Å². The summed E-state index contributed by atoms with van der Waals surface area (Å²) in [6.45, 7) is 0.745. The van der Waals surface area contributed by atoms with Crippen LogP contribution in [0.1, 0.15) is 12.0 Å². The molecule has 1 aliphatic heterocycles. The van der Waals surface area contributed by atoms with Gasteiger partial charge in [0.25, 0.3) is 0 Å². The highest BCUT2D eigenvalue weighted by Crippen LogP contribution is 2.30. The Bertz CT molecular complexity index is 417. The maximum Gasteiger partial charge on any atom is 0.416 e. The van der Waals surface area contributed by atoms with Crippen LogP contribution >= 0.6 is 0 Å². The molecule has 1 unspecified atom stereocenters. The smallest absolute Gasteiger partial charge is 0.386 e. The van der Waals surface area contributed by atoms with E-state index in [-0.39, 0.29) is 19.0 Å². The van der Waals surface area contributed by atoms with E-state index < -0.39 is 17.3 Å². The lowest BCUT2D eigenvalue weighted by molar-refractivity contribution is -0.137. The maximum absolute atomic E-state index is 12.5. The molecule has 2 rings (SSSR count). The fourth-order valence-electron chi connectivity index (χ4n) is 1.69. The molecular formula is C11H13F3N2O2. The average Bonchev–Trinajstić information content (AvgIpc) is 2.74. The minimum atomic E-state index is -4.40. The molecule has 1 atom stereocenters. The molecule has 1 aromatic heterocycles. The Morgan fingerprint density at radius 1 is 1.50 bits per heavy atom. The number of halogens is 3. The lowest BCUT2D eigenvalue weighted by atomic mass is 10.0. The van der Waals surface area contributed by atoms with Crippen LogP contribution in [-0.4, -0.2) is 35.5 Å². The van der Waals surface area contributed by atoms with Gasteiger partial charge in [0.05, 0.1) is 12.2 Å². The number of anilines is 1. The van der Waals surface area contributed by atoms with E-state index in [9.17, 15) is 18.3 Å². The van der Waals surface area contributed by atoms with Crippen molar-refractivity contribution >= 4 is 5.82 Å². The largest absolute Gasteiger partial charge is 0.416 e. The van der Waals surface area contributed by atoms with Crippen molar-refractivity contribution in [3.63, 3.8) is 0 Å². The number of aromatic nitrogens is 1. The highest BCUT2D eigenvalue weighted by atomic mass is 19.4. The SMILES string of the molecule is OC1(CNc2cc(C(F)(F)F)ccn2)CCOC1. The molecule has 0 spiro atoms. The number of nitrogens with zero attached hydrogens (tertiary/aromatic N) is 1. The molecule has 0 bridgehead atoms. The van der Waals surface area contributed by atoms with Crippen molar-refractivity contribution in [1.82, 2.24) is 4.98 Å². The van der Waals surface area contributed by atoms with E-state index in [4.69, 9.17) is 4.74 Å². The molecule has 1 fully saturated rings. The first-order valence-corrected chi connectivity index (χ1v) is 5.46. The number of pyridine rings is 1. The van der Waals surface area contributed by atoms with Gasteiger partial charge in [0.1, 0.15) is 11.4 Å². The zero-order valence-corrected chi connectivity index (χ0v) is 9.50. The Labute approximate surface area is 102 Å². The molecule has 100 valence electrons. The zero-order chi connectivity index (χ0) is 13.2. The van der Waals surface area contributed by atoms with E-state index in [1.54, 1.807) is 0 Å². The fraction of sp³-hybridized carbons (Fsp3) is 0.545. The topological polar surface area (TPSA) is 54.4 Å². The summed E-state index contributed by atoms with van der Waals surface area (Å²) in [6.07, 6.45) is -2.86. The van der Waals surface area contributed by atoms with Crippen LogP contribution in [0.25, 0.3) is 0 Å².